The lowest BCUT2D eigenvalue weighted by Crippen LogP contribution is -2.33. The second-order valence-electron chi connectivity index (χ2n) is 8.78. The van der Waals surface area contributed by atoms with E-state index < -0.39 is 15.9 Å². The van der Waals surface area contributed by atoms with Crippen LogP contribution < -0.4 is 24.2 Å². The molecule has 1 aliphatic heterocycles. The fourth-order valence-corrected chi connectivity index (χ4v) is 6.04. The Hall–Kier alpha value is -2.78. The van der Waals surface area contributed by atoms with Crippen LogP contribution in [0.1, 0.15) is 61.0 Å². The summed E-state index contributed by atoms with van der Waals surface area (Å²) < 4.78 is 45.7. The maximum absolute atomic E-state index is 13.0. The molecule has 1 amide bonds. The van der Waals surface area contributed by atoms with Crippen LogP contribution in [0.15, 0.2) is 35.2 Å². The number of benzene rings is 2. The number of nitrogens with one attached hydrogen (secondary N) is 2. The van der Waals surface area contributed by atoms with E-state index in [0.29, 0.717) is 12.4 Å². The molecule has 8 nitrogen and oxygen atoms in total. The number of amides is 1. The number of methoxy groups -OCH3 is 1. The zero-order valence-corrected chi connectivity index (χ0v) is 20.7. The highest BCUT2D eigenvalue weighted by Crippen LogP contribution is 2.35. The van der Waals surface area contributed by atoms with Crippen molar-refractivity contribution in [3.8, 4) is 17.2 Å². The highest BCUT2D eigenvalue weighted by molar-refractivity contribution is 7.89. The predicted octanol–water partition coefficient (Wildman–Crippen LogP) is 3.57. The third-order valence-corrected chi connectivity index (χ3v) is 7.75. The molecule has 0 aromatic heterocycles. The number of ether oxygens (including phenoxy) is 3. The van der Waals surface area contributed by atoms with Gasteiger partial charge in [0.2, 0.25) is 10.0 Å². The highest BCUT2D eigenvalue weighted by Gasteiger charge is 2.27. The maximum Gasteiger partial charge on any atom is 0.251 e. The van der Waals surface area contributed by atoms with Crippen LogP contribution in [0.4, 0.5) is 0 Å². The molecule has 184 valence electrons. The number of carbonyl (C=O) groups is 1. The monoisotopic (exact) mass is 488 g/mol. The van der Waals surface area contributed by atoms with E-state index in [0.717, 1.165) is 49.0 Å². The van der Waals surface area contributed by atoms with Gasteiger partial charge in [-0.25, -0.2) is 13.1 Å². The van der Waals surface area contributed by atoms with Gasteiger partial charge in [-0.2, -0.15) is 0 Å². The first kappa shape index (κ1) is 24.3. The van der Waals surface area contributed by atoms with Crippen molar-refractivity contribution in [2.45, 2.75) is 69.5 Å². The van der Waals surface area contributed by atoms with E-state index in [1.807, 2.05) is 26.0 Å². The van der Waals surface area contributed by atoms with E-state index in [4.69, 9.17) is 14.2 Å². The first-order valence-corrected chi connectivity index (χ1v) is 13.2. The van der Waals surface area contributed by atoms with E-state index >= 15 is 0 Å². The molecule has 1 saturated carbocycles. The lowest BCUT2D eigenvalue weighted by atomic mass is 10.1. The van der Waals surface area contributed by atoms with Gasteiger partial charge in [-0.1, -0.05) is 12.8 Å². The van der Waals surface area contributed by atoms with Gasteiger partial charge >= 0.3 is 0 Å². The summed E-state index contributed by atoms with van der Waals surface area (Å²) in [6.07, 6.45) is 4.55. The lowest BCUT2D eigenvalue weighted by molar-refractivity contribution is 0.0950. The molecule has 2 aromatic carbocycles. The molecule has 0 radical (unpaired) electrons. The molecule has 0 bridgehead atoms. The van der Waals surface area contributed by atoms with Crippen molar-refractivity contribution in [2.75, 3.05) is 13.7 Å². The van der Waals surface area contributed by atoms with Crippen LogP contribution in [-0.4, -0.2) is 40.2 Å². The number of hydrogen-bond donors (Lipinski definition) is 2. The van der Waals surface area contributed by atoms with Crippen LogP contribution >= 0.6 is 0 Å². The normalized spacial score (nSPS) is 17.8. The van der Waals surface area contributed by atoms with Gasteiger partial charge in [-0.3, -0.25) is 4.79 Å². The Kier molecular flexibility index (Phi) is 7.33. The lowest BCUT2D eigenvalue weighted by Gasteiger charge is -2.16. The molecule has 1 aliphatic carbocycles. The van der Waals surface area contributed by atoms with Crippen molar-refractivity contribution in [1.29, 1.82) is 0 Å². The molecule has 2 N–H and O–H groups in total. The molecule has 1 fully saturated rings. The summed E-state index contributed by atoms with van der Waals surface area (Å²) in [7, 11) is -2.41. The first-order chi connectivity index (χ1) is 16.3. The van der Waals surface area contributed by atoms with Crippen molar-refractivity contribution >= 4 is 15.9 Å². The summed E-state index contributed by atoms with van der Waals surface area (Å²) in [5.41, 5.74) is 2.12. The van der Waals surface area contributed by atoms with Crippen LogP contribution in [0.3, 0.4) is 0 Å². The zero-order valence-electron chi connectivity index (χ0n) is 19.8. The van der Waals surface area contributed by atoms with E-state index in [9.17, 15) is 13.2 Å². The summed E-state index contributed by atoms with van der Waals surface area (Å²) in [4.78, 5) is 12.9. The second-order valence-corrected chi connectivity index (χ2v) is 10.5. The molecular formula is C25H32N2O6S. The fraction of sp³-hybridized carbons (Fsp3) is 0.480. The van der Waals surface area contributed by atoms with Gasteiger partial charge in [0.05, 0.1) is 13.7 Å². The van der Waals surface area contributed by atoms with Gasteiger partial charge in [0.25, 0.3) is 5.91 Å². The average Bonchev–Trinajstić information content (AvgIpc) is 3.44. The maximum atomic E-state index is 13.0. The molecular weight excluding hydrogens is 456 g/mol. The minimum atomic E-state index is -3.83. The van der Waals surface area contributed by atoms with E-state index in [1.54, 1.807) is 6.07 Å². The first-order valence-electron chi connectivity index (χ1n) is 11.7. The topological polar surface area (TPSA) is 103 Å². The Bertz CT molecular complexity index is 1160. The summed E-state index contributed by atoms with van der Waals surface area (Å²) in [5.74, 6) is 1.32. The molecule has 9 heteroatoms. The summed E-state index contributed by atoms with van der Waals surface area (Å²) in [6, 6.07) is 8.21. The summed E-state index contributed by atoms with van der Waals surface area (Å²) in [6.45, 7) is 4.64. The predicted molar refractivity (Wildman–Crippen MR) is 128 cm³/mol. The standard InChI is InChI=1S/C25H32N2O6S/c1-4-32-22-12-18-11-16(2)33-23(18)13-19(22)15-26-25(28)17-9-10-21(31-3)24(14-17)34(29,30)27-20-7-5-6-8-20/h9-10,12-14,16,20,27H,4-8,11,15H2,1-3H3,(H,26,28)/t16-/m1/s1. The minimum absolute atomic E-state index is 0.0375. The Morgan fingerprint density at radius 1 is 1.15 bits per heavy atom. The molecule has 1 heterocycles. The zero-order chi connectivity index (χ0) is 24.3. The van der Waals surface area contributed by atoms with Crippen molar-refractivity contribution in [1.82, 2.24) is 10.0 Å². The Morgan fingerprint density at radius 2 is 1.91 bits per heavy atom. The van der Waals surface area contributed by atoms with Crippen LogP contribution in [0.5, 0.6) is 17.2 Å². The van der Waals surface area contributed by atoms with E-state index in [-0.39, 0.29) is 34.9 Å². The number of sulfonamides is 1. The van der Waals surface area contributed by atoms with Gasteiger partial charge in [-0.15, -0.1) is 0 Å². The molecule has 0 saturated heterocycles. The Labute approximate surface area is 201 Å². The summed E-state index contributed by atoms with van der Waals surface area (Å²) >= 11 is 0. The molecule has 4 rings (SSSR count). The quantitative estimate of drug-likeness (QED) is 0.559. The van der Waals surface area contributed by atoms with Crippen molar-refractivity contribution < 1.29 is 27.4 Å². The van der Waals surface area contributed by atoms with Crippen LogP contribution in [0.2, 0.25) is 0 Å². The fourth-order valence-electron chi connectivity index (χ4n) is 4.54. The van der Waals surface area contributed by atoms with Gasteiger partial charge < -0.3 is 19.5 Å². The van der Waals surface area contributed by atoms with Crippen LogP contribution in [-0.2, 0) is 23.0 Å². The van der Waals surface area contributed by atoms with Crippen LogP contribution in [0.25, 0.3) is 0 Å². The minimum Gasteiger partial charge on any atom is -0.495 e. The smallest absolute Gasteiger partial charge is 0.251 e. The van der Waals surface area contributed by atoms with Gasteiger partial charge in [0.15, 0.2) is 0 Å². The number of hydrogen-bond acceptors (Lipinski definition) is 6. The second kappa shape index (κ2) is 10.2. The number of carbonyl (C=O) groups excluding carboxylic acids is 1. The van der Waals surface area contributed by atoms with Gasteiger partial charge in [0.1, 0.15) is 28.2 Å². The van der Waals surface area contributed by atoms with E-state index in [1.165, 1.54) is 19.2 Å². The molecule has 34 heavy (non-hydrogen) atoms. The molecule has 2 aromatic rings. The van der Waals surface area contributed by atoms with E-state index in [2.05, 4.69) is 10.0 Å². The summed E-state index contributed by atoms with van der Waals surface area (Å²) in [5, 5.41) is 2.88. The molecule has 1 atom stereocenters. The molecule has 2 aliphatic rings. The number of rotatable bonds is 9. The average molecular weight is 489 g/mol. The highest BCUT2D eigenvalue weighted by atomic mass is 32.2. The van der Waals surface area contributed by atoms with Crippen molar-refractivity contribution in [3.05, 3.63) is 47.0 Å². The molecule has 0 unspecified atom stereocenters. The van der Waals surface area contributed by atoms with Crippen molar-refractivity contribution in [2.24, 2.45) is 0 Å². The Balaban J connectivity index is 1.53. The Morgan fingerprint density at radius 3 is 2.62 bits per heavy atom. The third-order valence-electron chi connectivity index (χ3n) is 6.21. The SMILES string of the molecule is CCOc1cc2c(cc1CNC(=O)c1ccc(OC)c(S(=O)(=O)NC3CCCC3)c1)O[C@H](C)C2. The van der Waals surface area contributed by atoms with Crippen molar-refractivity contribution in [3.63, 3.8) is 0 Å². The van der Waals surface area contributed by atoms with Gasteiger partial charge in [0, 0.05) is 35.7 Å². The number of fused-ring (bicyclic) bond motifs is 1. The van der Waals surface area contributed by atoms with Gasteiger partial charge in [-0.05, 0) is 57.0 Å². The molecule has 0 spiro atoms. The van der Waals surface area contributed by atoms with Crippen LogP contribution in [0, 0.1) is 0 Å². The third kappa shape index (κ3) is 5.31. The largest absolute Gasteiger partial charge is 0.495 e.